The number of nitrogens with zero attached hydrogens (tertiary/aromatic N) is 1. The number of hydrogen-bond donors (Lipinski definition) is 1. The Morgan fingerprint density at radius 3 is 1.95 bits per heavy atom. The molecular formula is C28H18F12N2O2. The molecule has 3 aromatic rings. The molecule has 236 valence electrons. The van der Waals surface area contributed by atoms with Crippen LogP contribution in [0.2, 0.25) is 0 Å². The number of carbonyl (C=O) groups excluding carboxylic acids is 2. The van der Waals surface area contributed by atoms with Crippen LogP contribution in [0.4, 0.5) is 64.1 Å². The molecule has 16 heteroatoms. The van der Waals surface area contributed by atoms with Crippen molar-refractivity contribution < 1.29 is 62.3 Å². The number of carbonyl (C=O) groups is 2. The van der Waals surface area contributed by atoms with E-state index in [0.717, 1.165) is 35.2 Å². The molecule has 0 unspecified atom stereocenters. The van der Waals surface area contributed by atoms with E-state index in [2.05, 4.69) is 0 Å². The van der Waals surface area contributed by atoms with Gasteiger partial charge in [-0.05, 0) is 61.2 Å². The summed E-state index contributed by atoms with van der Waals surface area (Å²) in [5.74, 6) is -4.78. The van der Waals surface area contributed by atoms with Gasteiger partial charge in [0.25, 0.3) is 11.8 Å². The molecule has 0 aromatic heterocycles. The molecule has 0 spiro atoms. The number of alkyl halides is 10. The van der Waals surface area contributed by atoms with Gasteiger partial charge in [-0.15, -0.1) is 0 Å². The van der Waals surface area contributed by atoms with Crippen molar-refractivity contribution in [2.24, 2.45) is 5.92 Å². The van der Waals surface area contributed by atoms with Gasteiger partial charge in [0.2, 0.25) is 0 Å². The van der Waals surface area contributed by atoms with E-state index < -0.39 is 81.8 Å². The van der Waals surface area contributed by atoms with Crippen molar-refractivity contribution in [3.05, 3.63) is 94.6 Å². The predicted octanol–water partition coefficient (Wildman–Crippen LogP) is 8.58. The maximum absolute atomic E-state index is 15.7. The molecule has 4 nitrogen and oxygen atoms in total. The van der Waals surface area contributed by atoms with Gasteiger partial charge in [-0.25, -0.2) is 13.2 Å². The number of hydrogen-bond acceptors (Lipinski definition) is 2. The van der Waals surface area contributed by atoms with Crippen molar-refractivity contribution in [2.75, 3.05) is 16.8 Å². The van der Waals surface area contributed by atoms with Gasteiger partial charge in [-0.2, -0.15) is 39.5 Å². The van der Waals surface area contributed by atoms with Crippen molar-refractivity contribution in [3.63, 3.8) is 0 Å². The Bertz CT molecular complexity index is 1560. The van der Waals surface area contributed by atoms with Crippen LogP contribution in [0, 0.1) is 17.6 Å². The lowest BCUT2D eigenvalue weighted by Crippen LogP contribution is -2.50. The topological polar surface area (TPSA) is 49.4 Å². The molecule has 0 saturated heterocycles. The Morgan fingerprint density at radius 1 is 0.795 bits per heavy atom. The highest BCUT2D eigenvalue weighted by Crippen LogP contribution is 2.54. The average molecular weight is 642 g/mol. The summed E-state index contributed by atoms with van der Waals surface area (Å²) < 4.78 is 164. The first-order valence-corrected chi connectivity index (χ1v) is 12.5. The zero-order valence-corrected chi connectivity index (χ0v) is 21.8. The molecule has 0 heterocycles. The van der Waals surface area contributed by atoms with Crippen LogP contribution in [0.1, 0.15) is 44.7 Å². The normalized spacial score (nSPS) is 14.4. The number of benzene rings is 3. The maximum Gasteiger partial charge on any atom is 0.435 e. The molecule has 44 heavy (non-hydrogen) atoms. The van der Waals surface area contributed by atoms with Gasteiger partial charge in [-0.3, -0.25) is 9.59 Å². The third kappa shape index (κ3) is 6.33. The van der Waals surface area contributed by atoms with E-state index in [1.165, 1.54) is 12.1 Å². The molecule has 1 aliphatic carbocycles. The van der Waals surface area contributed by atoms with Gasteiger partial charge in [-0.1, -0.05) is 18.2 Å². The third-order valence-electron chi connectivity index (χ3n) is 6.72. The van der Waals surface area contributed by atoms with Crippen molar-refractivity contribution in [3.8, 4) is 0 Å². The fourth-order valence-electron chi connectivity index (χ4n) is 4.31. The van der Waals surface area contributed by atoms with E-state index in [1.807, 2.05) is 0 Å². The number of halogens is 12. The minimum absolute atomic E-state index is 0.0313. The number of rotatable bonds is 7. The predicted molar refractivity (Wildman–Crippen MR) is 131 cm³/mol. The van der Waals surface area contributed by atoms with E-state index in [9.17, 15) is 57.9 Å². The van der Waals surface area contributed by atoms with Crippen LogP contribution in [0.3, 0.4) is 0 Å². The van der Waals surface area contributed by atoms with Crippen LogP contribution < -0.4 is 10.2 Å². The second-order valence-electron chi connectivity index (χ2n) is 9.87. The summed E-state index contributed by atoms with van der Waals surface area (Å²) in [6.07, 6.45) is -17.8. The van der Waals surface area contributed by atoms with E-state index >= 15 is 4.39 Å². The van der Waals surface area contributed by atoms with Gasteiger partial charge in [0.05, 0.1) is 22.5 Å². The Hall–Kier alpha value is -4.24. The third-order valence-corrected chi connectivity index (χ3v) is 6.72. The summed E-state index contributed by atoms with van der Waals surface area (Å²) in [5, 5.41) is 1.58. The van der Waals surface area contributed by atoms with E-state index in [4.69, 9.17) is 0 Å². The number of anilines is 2. The molecule has 4 rings (SSSR count). The molecule has 1 saturated carbocycles. The lowest BCUT2D eigenvalue weighted by molar-refractivity contribution is -0.348. The molecule has 1 N–H and O–H groups in total. The quantitative estimate of drug-likeness (QED) is 0.263. The average Bonchev–Trinajstić information content (AvgIpc) is 3.74. The number of amides is 2. The molecule has 2 amide bonds. The fourth-order valence-corrected chi connectivity index (χ4v) is 4.31. The van der Waals surface area contributed by atoms with Crippen LogP contribution in [0.5, 0.6) is 0 Å². The van der Waals surface area contributed by atoms with Crippen LogP contribution in [-0.2, 0) is 11.8 Å². The van der Waals surface area contributed by atoms with Crippen molar-refractivity contribution >= 4 is 23.2 Å². The molecule has 3 aromatic carbocycles. The van der Waals surface area contributed by atoms with Gasteiger partial charge in [0.1, 0.15) is 5.82 Å². The first-order valence-electron chi connectivity index (χ1n) is 12.5. The first-order chi connectivity index (χ1) is 20.3. The van der Waals surface area contributed by atoms with Crippen molar-refractivity contribution in [1.29, 1.82) is 0 Å². The number of nitrogens with one attached hydrogen (secondary N) is 1. The molecule has 0 radical (unpaired) electrons. The highest BCUT2D eigenvalue weighted by atomic mass is 19.4. The molecule has 1 fully saturated rings. The smallest absolute Gasteiger partial charge is 0.321 e. The van der Waals surface area contributed by atoms with Crippen LogP contribution in [0.15, 0.2) is 60.7 Å². The Labute approximate surface area is 240 Å². The highest BCUT2D eigenvalue weighted by molar-refractivity contribution is 6.09. The molecule has 0 aliphatic heterocycles. The van der Waals surface area contributed by atoms with Crippen LogP contribution >= 0.6 is 0 Å². The van der Waals surface area contributed by atoms with Crippen molar-refractivity contribution in [1.82, 2.24) is 0 Å². The second kappa shape index (κ2) is 11.4. The zero-order valence-electron chi connectivity index (χ0n) is 21.8. The van der Waals surface area contributed by atoms with Gasteiger partial charge < -0.3 is 10.2 Å². The summed E-state index contributed by atoms with van der Waals surface area (Å²) in [7, 11) is 0. The fraction of sp³-hybridized carbons (Fsp3) is 0.286. The van der Waals surface area contributed by atoms with Crippen molar-refractivity contribution in [2.45, 2.75) is 37.0 Å². The standard InChI is InChI=1S/C28H18F12N2O2/c29-17-4-1-3-15(11-17)24(44)42(13-14-7-8-14)21-6-2-5-18(22(21)30)23(43)41-20-10-9-16(12-19(20)26(32,33)34)25(31,27(35,36)37)28(38,39)40/h1-6,9-12,14H,7-8,13H2,(H,41,43). The summed E-state index contributed by atoms with van der Waals surface area (Å²) in [5.41, 5.74) is -14.0. The minimum atomic E-state index is -6.71. The SMILES string of the molecule is O=C(Nc1ccc(C(F)(C(F)(F)F)C(F)(F)F)cc1C(F)(F)F)c1cccc(N(CC2CC2)C(=O)c2cccc(F)c2)c1F. The van der Waals surface area contributed by atoms with Gasteiger partial charge in [0.15, 0.2) is 5.82 Å². The monoisotopic (exact) mass is 642 g/mol. The Kier molecular flexibility index (Phi) is 8.43. The largest absolute Gasteiger partial charge is 0.435 e. The van der Waals surface area contributed by atoms with Gasteiger partial charge >= 0.3 is 24.2 Å². The van der Waals surface area contributed by atoms with Crippen LogP contribution in [-0.4, -0.2) is 30.7 Å². The van der Waals surface area contributed by atoms with E-state index in [-0.39, 0.29) is 30.2 Å². The highest BCUT2D eigenvalue weighted by Gasteiger charge is 2.73. The maximum atomic E-state index is 15.7. The molecular weight excluding hydrogens is 624 g/mol. The summed E-state index contributed by atoms with van der Waals surface area (Å²) in [6, 6.07) is 6.28. The van der Waals surface area contributed by atoms with E-state index in [1.54, 1.807) is 5.32 Å². The summed E-state index contributed by atoms with van der Waals surface area (Å²) in [6.45, 7) is -0.0690. The minimum Gasteiger partial charge on any atom is -0.321 e. The lowest BCUT2D eigenvalue weighted by Gasteiger charge is -2.31. The Balaban J connectivity index is 1.73. The molecule has 1 aliphatic rings. The lowest BCUT2D eigenvalue weighted by atomic mass is 9.92. The summed E-state index contributed by atoms with van der Waals surface area (Å²) in [4.78, 5) is 27.0. The second-order valence-corrected chi connectivity index (χ2v) is 9.87. The molecule has 0 atom stereocenters. The van der Waals surface area contributed by atoms with Crippen LogP contribution in [0.25, 0.3) is 0 Å². The molecule has 0 bridgehead atoms. The first kappa shape index (κ1) is 32.7. The summed E-state index contributed by atoms with van der Waals surface area (Å²) >= 11 is 0. The van der Waals surface area contributed by atoms with E-state index in [0.29, 0.717) is 12.8 Å². The zero-order chi connectivity index (χ0) is 32.8. The van der Waals surface area contributed by atoms with Gasteiger partial charge in [0, 0.05) is 17.7 Å². The Morgan fingerprint density at radius 2 is 1.41 bits per heavy atom.